The monoisotopic (exact) mass is 322 g/mol. The standard InChI is InChI=1S/C17H20Cl2N2/c1-11(20)14-6-9-17(16(19)10-14)21(3)12(2)13-4-7-15(18)8-5-13/h4-12H,20H2,1-3H3/t11-,12?/m0/s1. The van der Waals surface area contributed by atoms with E-state index < -0.39 is 0 Å². The maximum absolute atomic E-state index is 6.41. The number of benzene rings is 2. The zero-order chi connectivity index (χ0) is 15.6. The van der Waals surface area contributed by atoms with Crippen molar-refractivity contribution in [3.05, 3.63) is 63.6 Å². The Morgan fingerprint density at radius 3 is 2.05 bits per heavy atom. The summed E-state index contributed by atoms with van der Waals surface area (Å²) in [4.78, 5) is 2.15. The molecule has 0 heterocycles. The number of anilines is 1. The second kappa shape index (κ2) is 6.69. The number of nitrogens with zero attached hydrogens (tertiary/aromatic N) is 1. The first-order valence-electron chi connectivity index (χ1n) is 6.93. The zero-order valence-corrected chi connectivity index (χ0v) is 14.0. The molecule has 0 amide bonds. The highest BCUT2D eigenvalue weighted by atomic mass is 35.5. The molecule has 2 nitrogen and oxygen atoms in total. The summed E-state index contributed by atoms with van der Waals surface area (Å²) >= 11 is 12.3. The maximum Gasteiger partial charge on any atom is 0.0642 e. The molecule has 112 valence electrons. The summed E-state index contributed by atoms with van der Waals surface area (Å²) in [6.07, 6.45) is 0. The highest BCUT2D eigenvalue weighted by Gasteiger charge is 2.15. The van der Waals surface area contributed by atoms with E-state index in [1.54, 1.807) is 0 Å². The van der Waals surface area contributed by atoms with Crippen LogP contribution in [-0.2, 0) is 0 Å². The van der Waals surface area contributed by atoms with Gasteiger partial charge in [-0.25, -0.2) is 0 Å². The Kier molecular flexibility index (Phi) is 5.15. The number of hydrogen-bond acceptors (Lipinski definition) is 2. The van der Waals surface area contributed by atoms with Gasteiger partial charge in [0.1, 0.15) is 0 Å². The smallest absolute Gasteiger partial charge is 0.0642 e. The fourth-order valence-corrected chi connectivity index (χ4v) is 2.71. The second-order valence-corrected chi connectivity index (χ2v) is 6.18. The normalized spacial score (nSPS) is 13.8. The number of hydrogen-bond donors (Lipinski definition) is 1. The van der Waals surface area contributed by atoms with E-state index in [4.69, 9.17) is 28.9 Å². The van der Waals surface area contributed by atoms with Gasteiger partial charge >= 0.3 is 0 Å². The Labute approximate surface area is 136 Å². The van der Waals surface area contributed by atoms with Crippen molar-refractivity contribution in [2.45, 2.75) is 25.9 Å². The Morgan fingerprint density at radius 2 is 1.52 bits per heavy atom. The molecule has 1 unspecified atom stereocenters. The van der Waals surface area contributed by atoms with E-state index in [0.29, 0.717) is 5.02 Å². The molecule has 2 atom stereocenters. The van der Waals surface area contributed by atoms with Crippen molar-refractivity contribution in [1.82, 2.24) is 0 Å². The average molecular weight is 323 g/mol. The SMILES string of the molecule is CC(c1ccc(Cl)cc1)N(C)c1ccc([C@H](C)N)cc1Cl. The maximum atomic E-state index is 6.41. The molecule has 0 aromatic heterocycles. The highest BCUT2D eigenvalue weighted by Crippen LogP contribution is 2.33. The molecule has 21 heavy (non-hydrogen) atoms. The predicted molar refractivity (Wildman–Crippen MR) is 92.3 cm³/mol. The van der Waals surface area contributed by atoms with Crippen molar-refractivity contribution in [1.29, 1.82) is 0 Å². The van der Waals surface area contributed by atoms with Crippen molar-refractivity contribution in [2.24, 2.45) is 5.73 Å². The van der Waals surface area contributed by atoms with Gasteiger partial charge in [0.15, 0.2) is 0 Å². The molecule has 0 saturated heterocycles. The first-order chi connectivity index (χ1) is 9.90. The van der Waals surface area contributed by atoms with E-state index in [-0.39, 0.29) is 12.1 Å². The van der Waals surface area contributed by atoms with Crippen molar-refractivity contribution in [2.75, 3.05) is 11.9 Å². The lowest BCUT2D eigenvalue weighted by molar-refractivity contribution is 0.739. The lowest BCUT2D eigenvalue weighted by Gasteiger charge is -2.28. The van der Waals surface area contributed by atoms with E-state index in [9.17, 15) is 0 Å². The van der Waals surface area contributed by atoms with Gasteiger partial charge < -0.3 is 10.6 Å². The third-order valence-electron chi connectivity index (χ3n) is 3.81. The van der Waals surface area contributed by atoms with Crippen molar-refractivity contribution < 1.29 is 0 Å². The minimum atomic E-state index is -0.0180. The molecule has 0 saturated carbocycles. The summed E-state index contributed by atoms with van der Waals surface area (Å²) in [6.45, 7) is 4.09. The summed E-state index contributed by atoms with van der Waals surface area (Å²) in [5, 5.41) is 1.46. The quantitative estimate of drug-likeness (QED) is 0.837. The molecule has 2 N–H and O–H groups in total. The van der Waals surface area contributed by atoms with Crippen LogP contribution in [0.2, 0.25) is 10.0 Å². The third kappa shape index (κ3) is 3.70. The molecule has 4 heteroatoms. The van der Waals surface area contributed by atoms with Crippen LogP contribution in [0.25, 0.3) is 0 Å². The van der Waals surface area contributed by atoms with Gasteiger partial charge in [-0.2, -0.15) is 0 Å². The van der Waals surface area contributed by atoms with Crippen LogP contribution in [0.1, 0.15) is 37.1 Å². The van der Waals surface area contributed by atoms with Crippen LogP contribution in [0.4, 0.5) is 5.69 Å². The fraction of sp³-hybridized carbons (Fsp3) is 0.294. The van der Waals surface area contributed by atoms with Gasteiger partial charge in [-0.05, 0) is 49.2 Å². The van der Waals surface area contributed by atoms with Crippen LogP contribution in [-0.4, -0.2) is 7.05 Å². The molecule has 0 aliphatic heterocycles. The molecule has 0 spiro atoms. The van der Waals surface area contributed by atoms with Crippen LogP contribution in [0.3, 0.4) is 0 Å². The summed E-state index contributed by atoms with van der Waals surface area (Å²) in [7, 11) is 2.03. The van der Waals surface area contributed by atoms with Crippen LogP contribution in [0, 0.1) is 0 Å². The van der Waals surface area contributed by atoms with E-state index in [1.165, 1.54) is 5.56 Å². The van der Waals surface area contributed by atoms with E-state index in [1.807, 2.05) is 56.4 Å². The number of halogens is 2. The number of rotatable bonds is 4. The predicted octanol–water partition coefficient (Wildman–Crippen LogP) is 5.21. The van der Waals surface area contributed by atoms with Crippen molar-refractivity contribution in [3.8, 4) is 0 Å². The van der Waals surface area contributed by atoms with E-state index in [0.717, 1.165) is 16.3 Å². The van der Waals surface area contributed by atoms with Crippen LogP contribution < -0.4 is 10.6 Å². The van der Waals surface area contributed by atoms with Gasteiger partial charge in [-0.1, -0.05) is 41.4 Å². The Hall–Kier alpha value is -1.22. The summed E-state index contributed by atoms with van der Waals surface area (Å²) < 4.78 is 0. The Balaban J connectivity index is 2.26. The van der Waals surface area contributed by atoms with E-state index >= 15 is 0 Å². The minimum absolute atomic E-state index is 0.0180. The Morgan fingerprint density at radius 1 is 0.952 bits per heavy atom. The van der Waals surface area contributed by atoms with Crippen LogP contribution in [0.15, 0.2) is 42.5 Å². The molecular weight excluding hydrogens is 303 g/mol. The molecule has 0 radical (unpaired) electrons. The van der Waals surface area contributed by atoms with Gasteiger partial charge in [0.25, 0.3) is 0 Å². The van der Waals surface area contributed by atoms with Gasteiger partial charge in [0.2, 0.25) is 0 Å². The molecule has 2 aromatic rings. The molecular formula is C17H20Cl2N2. The van der Waals surface area contributed by atoms with Gasteiger partial charge in [-0.15, -0.1) is 0 Å². The lowest BCUT2D eigenvalue weighted by atomic mass is 10.1. The third-order valence-corrected chi connectivity index (χ3v) is 4.37. The minimum Gasteiger partial charge on any atom is -0.367 e. The van der Waals surface area contributed by atoms with E-state index in [2.05, 4.69) is 11.8 Å². The van der Waals surface area contributed by atoms with Crippen molar-refractivity contribution >= 4 is 28.9 Å². The largest absolute Gasteiger partial charge is 0.367 e. The van der Waals surface area contributed by atoms with Gasteiger partial charge in [0.05, 0.1) is 16.8 Å². The molecule has 2 rings (SSSR count). The number of nitrogens with two attached hydrogens (primary N) is 1. The molecule has 0 fully saturated rings. The van der Waals surface area contributed by atoms with Crippen LogP contribution >= 0.6 is 23.2 Å². The van der Waals surface area contributed by atoms with Gasteiger partial charge in [-0.3, -0.25) is 0 Å². The van der Waals surface area contributed by atoms with Crippen LogP contribution in [0.5, 0.6) is 0 Å². The van der Waals surface area contributed by atoms with Gasteiger partial charge in [0, 0.05) is 18.1 Å². The highest BCUT2D eigenvalue weighted by molar-refractivity contribution is 6.33. The topological polar surface area (TPSA) is 29.3 Å². The molecule has 0 aliphatic carbocycles. The molecule has 0 aliphatic rings. The average Bonchev–Trinajstić information content (AvgIpc) is 2.46. The summed E-state index contributed by atoms with van der Waals surface area (Å²) in [5.74, 6) is 0. The first-order valence-corrected chi connectivity index (χ1v) is 7.69. The molecule has 2 aromatic carbocycles. The fourth-order valence-electron chi connectivity index (χ4n) is 2.27. The summed E-state index contributed by atoms with van der Waals surface area (Å²) in [6, 6.07) is 14.0. The van der Waals surface area contributed by atoms with Crippen molar-refractivity contribution in [3.63, 3.8) is 0 Å². The first kappa shape index (κ1) is 16.2. The summed E-state index contributed by atoms with van der Waals surface area (Å²) in [5.41, 5.74) is 9.11. The second-order valence-electron chi connectivity index (χ2n) is 5.34. The lowest BCUT2D eigenvalue weighted by Crippen LogP contribution is -2.22. The molecule has 0 bridgehead atoms. The Bertz CT molecular complexity index is 609. The zero-order valence-electron chi connectivity index (χ0n) is 12.5.